The van der Waals surface area contributed by atoms with Crippen molar-refractivity contribution in [1.29, 1.82) is 0 Å². The van der Waals surface area contributed by atoms with Crippen LogP contribution in [0.1, 0.15) is 23.0 Å². The number of pyridine rings is 1. The van der Waals surface area contributed by atoms with Crippen LogP contribution in [-0.4, -0.2) is 28.9 Å². The molecule has 1 atom stereocenters. The fourth-order valence-corrected chi connectivity index (χ4v) is 2.13. The van der Waals surface area contributed by atoms with Crippen LogP contribution in [0.4, 0.5) is 0 Å². The van der Waals surface area contributed by atoms with Crippen LogP contribution in [0.3, 0.4) is 0 Å². The average Bonchev–Trinajstić information content (AvgIpc) is 2.70. The summed E-state index contributed by atoms with van der Waals surface area (Å²) in [4.78, 5) is 4.42. The molecule has 2 aromatic heterocycles. The molecule has 0 fully saturated rings. The number of ether oxygens (including phenoxy) is 1. The summed E-state index contributed by atoms with van der Waals surface area (Å²) in [6.45, 7) is 2.00. The summed E-state index contributed by atoms with van der Waals surface area (Å²) in [6.07, 6.45) is 3.78. The summed E-state index contributed by atoms with van der Waals surface area (Å²) in [5.74, 6) is 0.778. The molecule has 2 heterocycles. The molecule has 0 radical (unpaired) electrons. The number of rotatable bonds is 4. The highest BCUT2D eigenvalue weighted by molar-refractivity contribution is 5.37. The maximum Gasteiger partial charge on any atom is 0.142 e. The van der Waals surface area contributed by atoms with E-state index in [0.29, 0.717) is 0 Å². The van der Waals surface area contributed by atoms with Crippen molar-refractivity contribution < 1.29 is 4.74 Å². The lowest BCUT2D eigenvalue weighted by molar-refractivity contribution is 0.401. The van der Waals surface area contributed by atoms with Gasteiger partial charge in [0.1, 0.15) is 11.4 Å². The second-order valence-electron chi connectivity index (χ2n) is 4.16. The first-order valence-electron chi connectivity index (χ1n) is 5.83. The maximum atomic E-state index is 5.37. The van der Waals surface area contributed by atoms with Crippen molar-refractivity contribution in [1.82, 2.24) is 20.1 Å². The fourth-order valence-electron chi connectivity index (χ4n) is 2.13. The minimum Gasteiger partial charge on any atom is -0.495 e. The van der Waals surface area contributed by atoms with Gasteiger partial charge >= 0.3 is 0 Å². The van der Waals surface area contributed by atoms with Crippen LogP contribution in [0, 0.1) is 6.92 Å². The fraction of sp³-hybridized carbons (Fsp3) is 0.385. The Hall–Kier alpha value is -1.88. The molecule has 0 aliphatic heterocycles. The van der Waals surface area contributed by atoms with Crippen LogP contribution in [0.15, 0.2) is 24.5 Å². The largest absolute Gasteiger partial charge is 0.495 e. The van der Waals surface area contributed by atoms with Gasteiger partial charge in [0.25, 0.3) is 0 Å². The molecule has 1 N–H and O–H groups in total. The Kier molecular flexibility index (Phi) is 3.62. The Labute approximate surface area is 107 Å². The molecule has 18 heavy (non-hydrogen) atoms. The Morgan fingerprint density at radius 3 is 2.78 bits per heavy atom. The summed E-state index contributed by atoms with van der Waals surface area (Å²) < 4.78 is 7.18. The second kappa shape index (κ2) is 5.18. The number of aryl methyl sites for hydroxylation is 2. The molecule has 2 aromatic rings. The zero-order valence-corrected chi connectivity index (χ0v) is 11.1. The van der Waals surface area contributed by atoms with Gasteiger partial charge in [0.15, 0.2) is 0 Å². The van der Waals surface area contributed by atoms with Gasteiger partial charge in [-0.25, -0.2) is 0 Å². The third-order valence-electron chi connectivity index (χ3n) is 2.94. The lowest BCUT2D eigenvalue weighted by Gasteiger charge is -2.17. The van der Waals surface area contributed by atoms with Crippen LogP contribution in [0.25, 0.3) is 0 Å². The molecule has 0 aliphatic rings. The van der Waals surface area contributed by atoms with E-state index in [4.69, 9.17) is 4.74 Å². The highest BCUT2D eigenvalue weighted by Crippen LogP contribution is 2.28. The Balaban J connectivity index is 2.48. The van der Waals surface area contributed by atoms with E-state index in [1.165, 1.54) is 0 Å². The number of nitrogens with one attached hydrogen (secondary N) is 1. The first kappa shape index (κ1) is 12.6. The highest BCUT2D eigenvalue weighted by atomic mass is 16.5. The third kappa shape index (κ3) is 2.22. The van der Waals surface area contributed by atoms with E-state index in [0.717, 1.165) is 22.7 Å². The average molecular weight is 246 g/mol. The van der Waals surface area contributed by atoms with E-state index >= 15 is 0 Å². The van der Waals surface area contributed by atoms with Crippen molar-refractivity contribution >= 4 is 0 Å². The minimum absolute atomic E-state index is 0.0187. The molecule has 1 unspecified atom stereocenters. The van der Waals surface area contributed by atoms with Crippen molar-refractivity contribution in [3.05, 3.63) is 41.5 Å². The third-order valence-corrected chi connectivity index (χ3v) is 2.94. The predicted octanol–water partition coefficient (Wildman–Crippen LogP) is 1.44. The Morgan fingerprint density at radius 1 is 1.44 bits per heavy atom. The van der Waals surface area contributed by atoms with Crippen molar-refractivity contribution in [2.45, 2.75) is 13.0 Å². The van der Waals surface area contributed by atoms with Gasteiger partial charge in [-0.05, 0) is 26.1 Å². The van der Waals surface area contributed by atoms with Crippen LogP contribution in [0.5, 0.6) is 5.75 Å². The van der Waals surface area contributed by atoms with Crippen LogP contribution in [-0.2, 0) is 7.05 Å². The summed E-state index contributed by atoms with van der Waals surface area (Å²) >= 11 is 0. The van der Waals surface area contributed by atoms with E-state index in [2.05, 4.69) is 15.4 Å². The van der Waals surface area contributed by atoms with E-state index < -0.39 is 0 Å². The van der Waals surface area contributed by atoms with E-state index in [1.807, 2.05) is 44.0 Å². The summed E-state index contributed by atoms with van der Waals surface area (Å²) in [7, 11) is 5.48. The zero-order valence-electron chi connectivity index (χ0n) is 11.1. The molecule has 5 heteroatoms. The minimum atomic E-state index is -0.0187. The van der Waals surface area contributed by atoms with Crippen molar-refractivity contribution in [3.8, 4) is 5.75 Å². The van der Waals surface area contributed by atoms with Crippen molar-refractivity contribution in [2.75, 3.05) is 14.2 Å². The molecule has 0 bridgehead atoms. The molecule has 5 nitrogen and oxygen atoms in total. The molecule has 0 saturated heterocycles. The van der Waals surface area contributed by atoms with Crippen LogP contribution < -0.4 is 10.1 Å². The predicted molar refractivity (Wildman–Crippen MR) is 69.6 cm³/mol. The van der Waals surface area contributed by atoms with E-state index in [-0.39, 0.29) is 6.04 Å². The molecule has 0 aliphatic carbocycles. The van der Waals surface area contributed by atoms with Gasteiger partial charge in [-0.15, -0.1) is 0 Å². The number of aromatic nitrogens is 3. The van der Waals surface area contributed by atoms with Gasteiger partial charge in [-0.2, -0.15) is 5.10 Å². The van der Waals surface area contributed by atoms with Gasteiger partial charge < -0.3 is 10.1 Å². The summed E-state index contributed by atoms with van der Waals surface area (Å²) in [5.41, 5.74) is 2.97. The molecule has 0 saturated carbocycles. The van der Waals surface area contributed by atoms with Crippen LogP contribution in [0.2, 0.25) is 0 Å². The Morgan fingerprint density at radius 2 is 2.22 bits per heavy atom. The molecular formula is C13H18N4O. The quantitative estimate of drug-likeness (QED) is 0.887. The topological polar surface area (TPSA) is 52.0 Å². The SMILES string of the molecule is CNC(c1cn(C)nc1C)c1ncccc1OC. The first-order chi connectivity index (χ1) is 8.67. The van der Waals surface area contributed by atoms with Gasteiger partial charge in [0, 0.05) is 25.0 Å². The van der Waals surface area contributed by atoms with E-state index in [9.17, 15) is 0 Å². The summed E-state index contributed by atoms with van der Waals surface area (Å²) in [5, 5.41) is 7.64. The van der Waals surface area contributed by atoms with Crippen molar-refractivity contribution in [2.24, 2.45) is 7.05 Å². The van der Waals surface area contributed by atoms with Crippen LogP contribution >= 0.6 is 0 Å². The lowest BCUT2D eigenvalue weighted by Crippen LogP contribution is -2.20. The zero-order chi connectivity index (χ0) is 13.1. The monoisotopic (exact) mass is 246 g/mol. The van der Waals surface area contributed by atoms with Gasteiger partial charge in [-0.3, -0.25) is 9.67 Å². The maximum absolute atomic E-state index is 5.37. The highest BCUT2D eigenvalue weighted by Gasteiger charge is 2.21. The number of hydrogen-bond donors (Lipinski definition) is 1. The lowest BCUT2D eigenvalue weighted by atomic mass is 10.0. The van der Waals surface area contributed by atoms with E-state index in [1.54, 1.807) is 13.3 Å². The number of nitrogens with zero attached hydrogens (tertiary/aromatic N) is 3. The molecular weight excluding hydrogens is 228 g/mol. The first-order valence-corrected chi connectivity index (χ1v) is 5.83. The molecule has 0 aromatic carbocycles. The Bertz CT molecular complexity index is 536. The standard InChI is InChI=1S/C13H18N4O/c1-9-10(8-17(3)16-9)12(14-2)13-11(18-4)6-5-7-15-13/h5-8,12,14H,1-4H3. The smallest absolute Gasteiger partial charge is 0.142 e. The summed E-state index contributed by atoms with van der Waals surface area (Å²) in [6, 6.07) is 3.76. The molecule has 96 valence electrons. The normalized spacial score (nSPS) is 12.4. The van der Waals surface area contributed by atoms with Crippen molar-refractivity contribution in [3.63, 3.8) is 0 Å². The van der Waals surface area contributed by atoms with Gasteiger partial charge in [0.2, 0.25) is 0 Å². The number of methoxy groups -OCH3 is 1. The van der Waals surface area contributed by atoms with Gasteiger partial charge in [0.05, 0.1) is 18.8 Å². The van der Waals surface area contributed by atoms with Gasteiger partial charge in [-0.1, -0.05) is 0 Å². The molecule has 2 rings (SSSR count). The second-order valence-corrected chi connectivity index (χ2v) is 4.16. The molecule has 0 spiro atoms. The number of hydrogen-bond acceptors (Lipinski definition) is 4. The molecule has 0 amide bonds.